The van der Waals surface area contributed by atoms with Crippen LogP contribution in [0, 0.1) is 11.6 Å². The third kappa shape index (κ3) is 3.77. The van der Waals surface area contributed by atoms with Crippen LogP contribution >= 0.6 is 0 Å². The van der Waals surface area contributed by atoms with Crippen molar-refractivity contribution in [3.63, 3.8) is 0 Å². The molecule has 1 aliphatic heterocycles. The van der Waals surface area contributed by atoms with Crippen molar-refractivity contribution in [2.45, 2.75) is 26.2 Å². The molecule has 0 bridgehead atoms. The van der Waals surface area contributed by atoms with E-state index in [0.717, 1.165) is 40.5 Å². The van der Waals surface area contributed by atoms with E-state index in [0.29, 0.717) is 32.6 Å². The average molecular weight is 450 g/mol. The molecule has 4 aromatic rings. The first-order valence-corrected chi connectivity index (χ1v) is 11.1. The van der Waals surface area contributed by atoms with Gasteiger partial charge in [-0.1, -0.05) is 26.0 Å². The summed E-state index contributed by atoms with van der Waals surface area (Å²) in [6, 6.07) is 10.9. The molecule has 0 saturated carbocycles. The van der Waals surface area contributed by atoms with Crippen LogP contribution in [0.4, 0.5) is 14.7 Å². The maximum Gasteiger partial charge on any atom is 0.256 e. The van der Waals surface area contributed by atoms with Crippen LogP contribution < -0.4 is 4.90 Å². The zero-order valence-corrected chi connectivity index (χ0v) is 18.5. The first kappa shape index (κ1) is 21.2. The molecule has 170 valence electrons. The van der Waals surface area contributed by atoms with E-state index in [9.17, 15) is 13.6 Å². The number of hydrogen-bond donors (Lipinski definition) is 0. The van der Waals surface area contributed by atoms with Gasteiger partial charge in [-0.2, -0.15) is 0 Å². The van der Waals surface area contributed by atoms with Gasteiger partial charge in [-0.3, -0.25) is 4.79 Å². The van der Waals surface area contributed by atoms with E-state index in [1.807, 2.05) is 28.7 Å². The van der Waals surface area contributed by atoms with Crippen LogP contribution in [0.25, 0.3) is 16.6 Å². The Morgan fingerprint density at radius 3 is 2.61 bits per heavy atom. The fourth-order valence-corrected chi connectivity index (χ4v) is 4.33. The third-order valence-corrected chi connectivity index (χ3v) is 6.00. The van der Waals surface area contributed by atoms with Crippen molar-refractivity contribution in [2.24, 2.45) is 0 Å². The van der Waals surface area contributed by atoms with Gasteiger partial charge in [0, 0.05) is 43.5 Å². The second-order valence-electron chi connectivity index (χ2n) is 8.56. The molecule has 1 saturated heterocycles. The first-order valence-electron chi connectivity index (χ1n) is 11.1. The lowest BCUT2D eigenvalue weighted by atomic mass is 10.1. The van der Waals surface area contributed by atoms with Gasteiger partial charge in [0.05, 0.1) is 11.1 Å². The van der Waals surface area contributed by atoms with Gasteiger partial charge in [-0.05, 0) is 30.7 Å². The van der Waals surface area contributed by atoms with Crippen molar-refractivity contribution >= 4 is 28.4 Å². The average Bonchev–Trinajstić information content (AvgIpc) is 3.10. The molecule has 0 aliphatic carbocycles. The van der Waals surface area contributed by atoms with Crippen LogP contribution in [-0.2, 0) is 0 Å². The van der Waals surface area contributed by atoms with Gasteiger partial charge in [0.25, 0.3) is 5.91 Å². The summed E-state index contributed by atoms with van der Waals surface area (Å²) in [6.07, 6.45) is 0.684. The van der Waals surface area contributed by atoms with Crippen molar-refractivity contribution in [3.05, 3.63) is 65.5 Å². The minimum atomic E-state index is -0.843. The van der Waals surface area contributed by atoms with Gasteiger partial charge in [0.1, 0.15) is 17.5 Å². The minimum absolute atomic E-state index is 0.114. The first-order chi connectivity index (χ1) is 15.9. The molecule has 1 fully saturated rings. The Kier molecular flexibility index (Phi) is 5.39. The number of halogens is 2. The van der Waals surface area contributed by atoms with Crippen LogP contribution in [-0.4, -0.2) is 56.6 Å². The highest BCUT2D eigenvalue weighted by Crippen LogP contribution is 2.27. The Bertz CT molecular complexity index is 1350. The summed E-state index contributed by atoms with van der Waals surface area (Å²) in [5, 5.41) is 9.82. The molecule has 0 N–H and O–H groups in total. The van der Waals surface area contributed by atoms with Gasteiger partial charge in [-0.25, -0.2) is 18.2 Å². The van der Waals surface area contributed by atoms with Crippen molar-refractivity contribution in [1.82, 2.24) is 24.5 Å². The molecular formula is C24H24F2N6O. The second-order valence-corrected chi connectivity index (χ2v) is 8.56. The summed E-state index contributed by atoms with van der Waals surface area (Å²) in [4.78, 5) is 21.6. The highest BCUT2D eigenvalue weighted by molar-refractivity contribution is 5.94. The lowest BCUT2D eigenvalue weighted by Gasteiger charge is -2.24. The molecule has 7 nitrogen and oxygen atoms in total. The number of aromatic nitrogens is 4. The number of amides is 1. The maximum absolute atomic E-state index is 14.2. The smallest absolute Gasteiger partial charge is 0.256 e. The highest BCUT2D eigenvalue weighted by atomic mass is 19.1. The lowest BCUT2D eigenvalue weighted by molar-refractivity contribution is 0.0762. The SMILES string of the molecule is CC(C)c1nnc2c3ccccc3nc(N3CCCN(C(=O)c4ccc(F)cc4F)CC3)n12. The van der Waals surface area contributed by atoms with E-state index in [1.54, 1.807) is 4.90 Å². The van der Waals surface area contributed by atoms with Crippen LogP contribution in [0.5, 0.6) is 0 Å². The zero-order chi connectivity index (χ0) is 23.1. The van der Waals surface area contributed by atoms with Crippen molar-refractivity contribution in [1.29, 1.82) is 0 Å². The number of anilines is 1. The minimum Gasteiger partial charge on any atom is -0.340 e. The predicted octanol–water partition coefficient (Wildman–Crippen LogP) is 4.03. The number of fused-ring (bicyclic) bond motifs is 3. The second kappa shape index (κ2) is 8.38. The summed E-state index contributed by atoms with van der Waals surface area (Å²) < 4.78 is 29.5. The molecule has 0 atom stereocenters. The number of carbonyl (C=O) groups excluding carboxylic acids is 1. The number of carbonyl (C=O) groups is 1. The number of hydrogen-bond acceptors (Lipinski definition) is 5. The van der Waals surface area contributed by atoms with Crippen molar-refractivity contribution in [3.8, 4) is 0 Å². The van der Waals surface area contributed by atoms with E-state index in [4.69, 9.17) is 4.98 Å². The van der Waals surface area contributed by atoms with Crippen LogP contribution in [0.15, 0.2) is 42.5 Å². The number of benzene rings is 2. The van der Waals surface area contributed by atoms with E-state index < -0.39 is 17.5 Å². The zero-order valence-electron chi connectivity index (χ0n) is 18.5. The Morgan fingerprint density at radius 2 is 1.82 bits per heavy atom. The third-order valence-electron chi connectivity index (χ3n) is 6.00. The molecule has 1 amide bonds. The summed E-state index contributed by atoms with van der Waals surface area (Å²) in [5.41, 5.74) is 1.47. The summed E-state index contributed by atoms with van der Waals surface area (Å²) >= 11 is 0. The molecule has 0 spiro atoms. The van der Waals surface area contributed by atoms with E-state index in [-0.39, 0.29) is 11.5 Å². The summed E-state index contributed by atoms with van der Waals surface area (Å²) in [5.74, 6) is -0.271. The monoisotopic (exact) mass is 450 g/mol. The normalized spacial score (nSPS) is 14.9. The highest BCUT2D eigenvalue weighted by Gasteiger charge is 2.26. The standard InChI is InChI=1S/C24H24F2N6O/c1-15(2)21-28-29-22-18-6-3-4-7-20(18)27-24(32(21)22)31-11-5-10-30(12-13-31)23(33)17-9-8-16(25)14-19(17)26/h3-4,6-9,14-15H,5,10-13H2,1-2H3. The van der Waals surface area contributed by atoms with Crippen LogP contribution in [0.2, 0.25) is 0 Å². The molecule has 33 heavy (non-hydrogen) atoms. The topological polar surface area (TPSA) is 66.6 Å². The summed E-state index contributed by atoms with van der Waals surface area (Å²) in [7, 11) is 0. The fraction of sp³-hybridized carbons (Fsp3) is 0.333. The van der Waals surface area contributed by atoms with E-state index >= 15 is 0 Å². The Labute approximate surface area is 189 Å². The number of para-hydroxylation sites is 1. The predicted molar refractivity (Wildman–Crippen MR) is 121 cm³/mol. The van der Waals surface area contributed by atoms with Crippen molar-refractivity contribution in [2.75, 3.05) is 31.1 Å². The molecule has 1 aliphatic rings. The molecule has 2 aromatic carbocycles. The number of nitrogens with zero attached hydrogens (tertiary/aromatic N) is 6. The lowest BCUT2D eigenvalue weighted by Crippen LogP contribution is -2.36. The molecule has 0 radical (unpaired) electrons. The molecule has 5 rings (SSSR count). The molecule has 2 aromatic heterocycles. The fourth-order valence-electron chi connectivity index (χ4n) is 4.33. The van der Waals surface area contributed by atoms with Gasteiger partial charge < -0.3 is 9.80 Å². The molecular weight excluding hydrogens is 426 g/mol. The van der Waals surface area contributed by atoms with E-state index in [2.05, 4.69) is 28.9 Å². The quantitative estimate of drug-likeness (QED) is 0.472. The van der Waals surface area contributed by atoms with Gasteiger partial charge >= 0.3 is 0 Å². The Hall–Kier alpha value is -3.62. The largest absolute Gasteiger partial charge is 0.340 e. The molecule has 3 heterocycles. The van der Waals surface area contributed by atoms with Crippen molar-refractivity contribution < 1.29 is 13.6 Å². The summed E-state index contributed by atoms with van der Waals surface area (Å²) in [6.45, 7) is 6.19. The number of rotatable bonds is 3. The maximum atomic E-state index is 14.2. The van der Waals surface area contributed by atoms with E-state index in [1.165, 1.54) is 6.07 Å². The van der Waals surface area contributed by atoms with Crippen LogP contribution in [0.1, 0.15) is 42.4 Å². The molecule has 9 heteroatoms. The Morgan fingerprint density at radius 1 is 1.00 bits per heavy atom. The van der Waals surface area contributed by atoms with Crippen LogP contribution in [0.3, 0.4) is 0 Å². The van der Waals surface area contributed by atoms with Gasteiger partial charge in [-0.15, -0.1) is 10.2 Å². The Balaban J connectivity index is 1.49. The van der Waals surface area contributed by atoms with Gasteiger partial charge in [0.2, 0.25) is 5.95 Å². The van der Waals surface area contributed by atoms with Gasteiger partial charge in [0.15, 0.2) is 5.65 Å². The molecule has 0 unspecified atom stereocenters.